The van der Waals surface area contributed by atoms with Crippen molar-refractivity contribution < 1.29 is 19.6 Å². The highest BCUT2D eigenvalue weighted by Crippen LogP contribution is 2.18. The third-order valence-corrected chi connectivity index (χ3v) is 4.09. The van der Waals surface area contributed by atoms with E-state index >= 15 is 0 Å². The summed E-state index contributed by atoms with van der Waals surface area (Å²) < 4.78 is 0. The molecule has 0 amide bonds. The quantitative estimate of drug-likeness (QED) is 0.136. The topological polar surface area (TPSA) is 146 Å². The van der Waals surface area contributed by atoms with E-state index in [0.29, 0.717) is 18.8 Å². The lowest BCUT2D eigenvalue weighted by Gasteiger charge is -2.11. The zero-order valence-corrected chi connectivity index (χ0v) is 17.9. The number of nitrogens with zero attached hydrogens (tertiary/aromatic N) is 3. The van der Waals surface area contributed by atoms with Gasteiger partial charge < -0.3 is 0 Å². The smallest absolute Gasteiger partial charge is 0.273 e. The van der Waals surface area contributed by atoms with Gasteiger partial charge in [0.2, 0.25) is 0 Å². The standard InChI is InChI=1S/C22H28N3O7/c1-2-3-4-5-6-7-8-9-10-11-12-13-14-15-16-17-18-19-21(23(27)28)22(20-26,24(29)30)25(31)32/h3-4,6-7,9-10,12-13,15-16,18-19,21H,2,5,8,11,14,17H2,1H3/b4-3+,7-6+,10-9+,13-12+,16-15+,19-18+. The molecule has 0 aliphatic heterocycles. The minimum Gasteiger partial charge on any atom is -0.273 e. The minimum atomic E-state index is -3.68. The van der Waals surface area contributed by atoms with Gasteiger partial charge in [-0.05, 0) is 38.5 Å². The molecule has 0 aliphatic carbocycles. The summed E-state index contributed by atoms with van der Waals surface area (Å²) in [6.45, 7) is 2.10. The number of hydrogen-bond donors (Lipinski definition) is 0. The third-order valence-electron chi connectivity index (χ3n) is 4.09. The third kappa shape index (κ3) is 10.4. The van der Waals surface area contributed by atoms with Crippen molar-refractivity contribution in [3.8, 4) is 0 Å². The summed E-state index contributed by atoms with van der Waals surface area (Å²) in [5, 5.41) is 33.0. The fourth-order valence-electron chi connectivity index (χ4n) is 2.40. The summed E-state index contributed by atoms with van der Waals surface area (Å²) in [6.07, 6.45) is 26.8. The molecule has 0 saturated heterocycles. The largest absolute Gasteiger partial charge is 0.592 e. The molecule has 0 heterocycles. The van der Waals surface area contributed by atoms with Crippen LogP contribution in [0, 0.1) is 30.3 Å². The Kier molecular flexibility index (Phi) is 15.1. The van der Waals surface area contributed by atoms with Crippen LogP contribution in [0.2, 0.25) is 0 Å². The number of nitro groups is 3. The maximum absolute atomic E-state index is 11.0. The first-order valence-electron chi connectivity index (χ1n) is 10.1. The number of rotatable bonds is 17. The number of allylic oxidation sites excluding steroid dienone is 11. The second kappa shape index (κ2) is 17.0. The Morgan fingerprint density at radius 2 is 1.03 bits per heavy atom. The lowest BCUT2D eigenvalue weighted by molar-refractivity contribution is -0.806. The average Bonchev–Trinajstić information content (AvgIpc) is 2.74. The highest BCUT2D eigenvalue weighted by atomic mass is 16.7. The normalized spacial score (nSPS) is 13.9. The summed E-state index contributed by atoms with van der Waals surface area (Å²) in [6, 6.07) is -2.47. The molecule has 10 heteroatoms. The Morgan fingerprint density at radius 1 is 0.688 bits per heavy atom. The summed E-state index contributed by atoms with van der Waals surface area (Å²) in [5.41, 5.74) is -3.68. The van der Waals surface area contributed by atoms with Crippen molar-refractivity contribution in [1.29, 1.82) is 0 Å². The van der Waals surface area contributed by atoms with Crippen molar-refractivity contribution in [3.63, 3.8) is 0 Å². The SMILES string of the molecule is CC/C=C/C/C=C/C/C=C/C/C=C/C/C=C/C/C=C/C([N+](=O)[O-])C([C]=O)([N+](=O)[O-])[N+](=O)[O-]. The first kappa shape index (κ1) is 28.3. The Bertz CT molecular complexity index is 781. The molecule has 0 aromatic heterocycles. The van der Waals surface area contributed by atoms with Crippen molar-refractivity contribution in [2.45, 2.75) is 57.2 Å². The van der Waals surface area contributed by atoms with E-state index in [2.05, 4.69) is 37.3 Å². The molecule has 0 spiro atoms. The number of hydrogen-bond acceptors (Lipinski definition) is 7. The average molecular weight is 446 g/mol. The molecule has 0 rings (SSSR count). The predicted molar refractivity (Wildman–Crippen MR) is 121 cm³/mol. The van der Waals surface area contributed by atoms with Gasteiger partial charge >= 0.3 is 18.0 Å². The summed E-state index contributed by atoms with van der Waals surface area (Å²) in [5.74, 6) is 0. The zero-order chi connectivity index (χ0) is 24.2. The van der Waals surface area contributed by atoms with Crippen LogP contribution < -0.4 is 0 Å². The Labute approximate surface area is 186 Å². The highest BCUT2D eigenvalue weighted by molar-refractivity contribution is 5.62. The second-order valence-electron chi connectivity index (χ2n) is 6.44. The number of carbonyl (C=O) groups excluding carboxylic acids is 1. The van der Waals surface area contributed by atoms with Gasteiger partial charge in [0, 0.05) is 11.0 Å². The van der Waals surface area contributed by atoms with Gasteiger partial charge in [0.25, 0.3) is 0 Å². The first-order chi connectivity index (χ1) is 15.3. The molecule has 0 aliphatic rings. The monoisotopic (exact) mass is 446 g/mol. The van der Waals surface area contributed by atoms with Crippen molar-refractivity contribution in [1.82, 2.24) is 0 Å². The van der Waals surface area contributed by atoms with Crippen LogP contribution in [0.25, 0.3) is 0 Å². The molecular weight excluding hydrogens is 418 g/mol. The van der Waals surface area contributed by atoms with E-state index in [0.717, 1.165) is 25.7 Å². The van der Waals surface area contributed by atoms with Gasteiger partial charge in [-0.25, -0.2) is 0 Å². The van der Waals surface area contributed by atoms with Crippen molar-refractivity contribution in [2.75, 3.05) is 0 Å². The van der Waals surface area contributed by atoms with Gasteiger partial charge in [0.1, 0.15) is 9.85 Å². The second-order valence-corrected chi connectivity index (χ2v) is 6.44. The van der Waals surface area contributed by atoms with E-state index in [1.54, 1.807) is 12.2 Å². The molecule has 0 fully saturated rings. The Morgan fingerprint density at radius 3 is 1.31 bits per heavy atom. The molecule has 1 unspecified atom stereocenters. The first-order valence-corrected chi connectivity index (χ1v) is 10.1. The van der Waals surface area contributed by atoms with E-state index in [-0.39, 0.29) is 6.42 Å². The van der Waals surface area contributed by atoms with Gasteiger partial charge in [-0.3, -0.25) is 35.1 Å². The lowest BCUT2D eigenvalue weighted by Crippen LogP contribution is -2.59. The van der Waals surface area contributed by atoms with E-state index in [1.807, 2.05) is 18.2 Å². The zero-order valence-electron chi connectivity index (χ0n) is 17.9. The van der Waals surface area contributed by atoms with Gasteiger partial charge in [0.05, 0.1) is 0 Å². The maximum atomic E-state index is 11.0. The van der Waals surface area contributed by atoms with Crippen LogP contribution in [0.3, 0.4) is 0 Å². The molecular formula is C22H28N3O7. The van der Waals surface area contributed by atoms with Gasteiger partial charge in [-0.15, -0.1) is 0 Å². The molecule has 0 bridgehead atoms. The fraction of sp³-hybridized carbons (Fsp3) is 0.409. The van der Waals surface area contributed by atoms with Crippen molar-refractivity contribution in [2.24, 2.45) is 0 Å². The van der Waals surface area contributed by atoms with Crippen LogP contribution in [0.5, 0.6) is 0 Å². The fourth-order valence-corrected chi connectivity index (χ4v) is 2.40. The molecule has 32 heavy (non-hydrogen) atoms. The van der Waals surface area contributed by atoms with Gasteiger partial charge in [-0.2, -0.15) is 0 Å². The summed E-state index contributed by atoms with van der Waals surface area (Å²) >= 11 is 0. The van der Waals surface area contributed by atoms with Gasteiger partial charge in [-0.1, -0.05) is 73.8 Å². The van der Waals surface area contributed by atoms with E-state index in [4.69, 9.17) is 0 Å². The Balaban J connectivity index is 4.44. The summed E-state index contributed by atoms with van der Waals surface area (Å²) in [4.78, 5) is 39.4. The molecule has 0 saturated carbocycles. The molecule has 1 radical (unpaired) electrons. The van der Waals surface area contributed by atoms with Crippen LogP contribution in [0.4, 0.5) is 0 Å². The maximum Gasteiger partial charge on any atom is 0.592 e. The molecule has 0 aromatic rings. The van der Waals surface area contributed by atoms with E-state index < -0.39 is 26.5 Å². The van der Waals surface area contributed by atoms with Crippen LogP contribution in [-0.2, 0) is 4.79 Å². The van der Waals surface area contributed by atoms with Crippen LogP contribution in [0.15, 0.2) is 72.9 Å². The molecule has 0 N–H and O–H groups in total. The molecule has 10 nitrogen and oxygen atoms in total. The van der Waals surface area contributed by atoms with E-state index in [9.17, 15) is 35.1 Å². The van der Waals surface area contributed by atoms with Gasteiger partial charge in [0.15, 0.2) is 0 Å². The minimum absolute atomic E-state index is 0.155. The lowest BCUT2D eigenvalue weighted by atomic mass is 10.0. The van der Waals surface area contributed by atoms with E-state index in [1.165, 1.54) is 6.08 Å². The Hall–Kier alpha value is -3.69. The molecule has 173 valence electrons. The predicted octanol–water partition coefficient (Wildman–Crippen LogP) is 4.69. The molecule has 0 aromatic carbocycles. The van der Waals surface area contributed by atoms with Crippen LogP contribution in [0.1, 0.15) is 45.4 Å². The van der Waals surface area contributed by atoms with Crippen LogP contribution >= 0.6 is 0 Å². The summed E-state index contributed by atoms with van der Waals surface area (Å²) in [7, 11) is 0. The van der Waals surface area contributed by atoms with Crippen molar-refractivity contribution >= 4 is 6.29 Å². The van der Waals surface area contributed by atoms with Crippen molar-refractivity contribution in [3.05, 3.63) is 103 Å². The molecule has 1 atom stereocenters. The van der Waals surface area contributed by atoms with Crippen LogP contribution in [-0.4, -0.2) is 32.8 Å². The highest BCUT2D eigenvalue weighted by Gasteiger charge is 2.71.